The number of rotatable bonds is 6. The summed E-state index contributed by atoms with van der Waals surface area (Å²) in [6.07, 6.45) is 0. The molecule has 1 fully saturated rings. The van der Waals surface area contributed by atoms with E-state index in [1.165, 1.54) is 37.3 Å². The fraction of sp³-hybridized carbons (Fsp3) is 0.300. The predicted octanol–water partition coefficient (Wildman–Crippen LogP) is 2.21. The van der Waals surface area contributed by atoms with Gasteiger partial charge in [-0.05, 0) is 29.8 Å². The molecule has 1 saturated heterocycles. The minimum atomic E-state index is -0.881. The summed E-state index contributed by atoms with van der Waals surface area (Å²) in [7, 11) is 3.05. The van der Waals surface area contributed by atoms with Crippen molar-refractivity contribution in [2.45, 2.75) is 12.6 Å². The first kappa shape index (κ1) is 19.6. The number of amides is 2. The number of benzene rings is 2. The molecular weight excluding hydrogens is 367 g/mol. The SMILES string of the molecule is COc1ccc(CN2C(=O)COC[C@H]2C(=O)Nc2ccccc2F)cc1OC. The third-order valence-corrected chi connectivity index (χ3v) is 4.43. The average molecular weight is 388 g/mol. The van der Waals surface area contributed by atoms with E-state index < -0.39 is 17.8 Å². The molecule has 148 valence electrons. The van der Waals surface area contributed by atoms with Crippen molar-refractivity contribution < 1.29 is 28.2 Å². The summed E-state index contributed by atoms with van der Waals surface area (Å²) in [6.45, 7) is 0.0913. The molecule has 1 atom stereocenters. The molecule has 8 heteroatoms. The van der Waals surface area contributed by atoms with Crippen LogP contribution in [-0.2, 0) is 20.9 Å². The third-order valence-electron chi connectivity index (χ3n) is 4.43. The van der Waals surface area contributed by atoms with Gasteiger partial charge < -0.3 is 24.4 Å². The smallest absolute Gasteiger partial charge is 0.249 e. The lowest BCUT2D eigenvalue weighted by Crippen LogP contribution is -2.54. The molecule has 0 aromatic heterocycles. The molecule has 28 heavy (non-hydrogen) atoms. The highest BCUT2D eigenvalue weighted by Crippen LogP contribution is 2.28. The first-order valence-corrected chi connectivity index (χ1v) is 8.67. The van der Waals surface area contributed by atoms with E-state index in [2.05, 4.69) is 5.32 Å². The van der Waals surface area contributed by atoms with Crippen molar-refractivity contribution in [2.75, 3.05) is 32.8 Å². The molecule has 1 N–H and O–H groups in total. The van der Waals surface area contributed by atoms with Gasteiger partial charge in [0.25, 0.3) is 0 Å². The van der Waals surface area contributed by atoms with Gasteiger partial charge in [0.1, 0.15) is 18.5 Å². The Morgan fingerprint density at radius 1 is 1.21 bits per heavy atom. The number of hydrogen-bond acceptors (Lipinski definition) is 5. The fourth-order valence-corrected chi connectivity index (χ4v) is 2.97. The molecule has 0 saturated carbocycles. The number of nitrogens with one attached hydrogen (secondary N) is 1. The molecule has 2 aromatic carbocycles. The van der Waals surface area contributed by atoms with E-state index in [-0.39, 0.29) is 31.4 Å². The lowest BCUT2D eigenvalue weighted by Gasteiger charge is -2.34. The Morgan fingerprint density at radius 3 is 2.68 bits per heavy atom. The second kappa shape index (κ2) is 8.71. The highest BCUT2D eigenvalue weighted by Gasteiger charge is 2.34. The topological polar surface area (TPSA) is 77.1 Å². The van der Waals surface area contributed by atoms with Crippen LogP contribution in [0.5, 0.6) is 11.5 Å². The summed E-state index contributed by atoms with van der Waals surface area (Å²) in [5, 5.41) is 2.52. The van der Waals surface area contributed by atoms with Gasteiger partial charge in [-0.15, -0.1) is 0 Å². The number of carbonyl (C=O) groups is 2. The summed E-state index contributed by atoms with van der Waals surface area (Å²) in [6, 6.07) is 10.2. The van der Waals surface area contributed by atoms with Gasteiger partial charge in [-0.3, -0.25) is 9.59 Å². The maximum atomic E-state index is 13.8. The van der Waals surface area contributed by atoms with E-state index in [4.69, 9.17) is 14.2 Å². The predicted molar refractivity (Wildman–Crippen MR) is 99.7 cm³/mol. The monoisotopic (exact) mass is 388 g/mol. The molecule has 1 aliphatic heterocycles. The van der Waals surface area contributed by atoms with Crippen LogP contribution in [0.1, 0.15) is 5.56 Å². The lowest BCUT2D eigenvalue weighted by atomic mass is 10.1. The van der Waals surface area contributed by atoms with E-state index in [1.807, 2.05) is 0 Å². The Labute approximate surface area is 162 Å². The number of morpholine rings is 1. The zero-order chi connectivity index (χ0) is 20.1. The lowest BCUT2D eigenvalue weighted by molar-refractivity contribution is -0.154. The van der Waals surface area contributed by atoms with Crippen LogP contribution in [0, 0.1) is 5.82 Å². The molecule has 2 amide bonds. The standard InChI is InChI=1S/C20H21FN2O5/c1-26-17-8-7-13(9-18(17)27-2)10-23-16(11-28-12-19(23)24)20(25)22-15-6-4-3-5-14(15)21/h3-9,16H,10-12H2,1-2H3,(H,22,25)/t16-/m0/s1. The maximum Gasteiger partial charge on any atom is 0.249 e. The molecule has 0 radical (unpaired) electrons. The van der Waals surface area contributed by atoms with Crippen LogP contribution in [-0.4, -0.2) is 50.2 Å². The number of halogens is 1. The third kappa shape index (κ3) is 4.23. The number of hydrogen-bond donors (Lipinski definition) is 1. The van der Waals surface area contributed by atoms with E-state index in [9.17, 15) is 14.0 Å². The molecule has 1 heterocycles. The van der Waals surface area contributed by atoms with Crippen molar-refractivity contribution in [1.29, 1.82) is 0 Å². The number of methoxy groups -OCH3 is 2. The molecule has 3 rings (SSSR count). The van der Waals surface area contributed by atoms with Crippen molar-refractivity contribution in [3.8, 4) is 11.5 Å². The fourth-order valence-electron chi connectivity index (χ4n) is 2.97. The molecule has 2 aromatic rings. The van der Waals surface area contributed by atoms with Crippen molar-refractivity contribution >= 4 is 17.5 Å². The first-order chi connectivity index (χ1) is 13.5. The van der Waals surface area contributed by atoms with Crippen molar-refractivity contribution in [3.05, 3.63) is 53.8 Å². The normalized spacial score (nSPS) is 16.6. The number of para-hydroxylation sites is 1. The number of anilines is 1. The van der Waals surface area contributed by atoms with E-state index >= 15 is 0 Å². The highest BCUT2D eigenvalue weighted by molar-refractivity contribution is 5.98. The summed E-state index contributed by atoms with van der Waals surface area (Å²) in [5.74, 6) is -0.305. The van der Waals surface area contributed by atoms with E-state index in [1.54, 1.807) is 24.3 Å². The van der Waals surface area contributed by atoms with Gasteiger partial charge in [0.05, 0.1) is 26.5 Å². The number of carbonyl (C=O) groups excluding carboxylic acids is 2. The van der Waals surface area contributed by atoms with Crippen LogP contribution in [0.15, 0.2) is 42.5 Å². The molecule has 1 aliphatic rings. The van der Waals surface area contributed by atoms with Crippen LogP contribution in [0.2, 0.25) is 0 Å². The summed E-state index contributed by atoms with van der Waals surface area (Å²) >= 11 is 0. The van der Waals surface area contributed by atoms with Gasteiger partial charge in [0, 0.05) is 6.54 Å². The van der Waals surface area contributed by atoms with Crippen LogP contribution in [0.3, 0.4) is 0 Å². The second-order valence-corrected chi connectivity index (χ2v) is 6.21. The van der Waals surface area contributed by atoms with Gasteiger partial charge in [0.15, 0.2) is 11.5 Å². The molecule has 0 spiro atoms. The quantitative estimate of drug-likeness (QED) is 0.821. The molecule has 7 nitrogen and oxygen atoms in total. The maximum absolute atomic E-state index is 13.8. The summed E-state index contributed by atoms with van der Waals surface area (Å²) in [5.41, 5.74) is 0.813. The Bertz CT molecular complexity index is 873. The summed E-state index contributed by atoms with van der Waals surface area (Å²) < 4.78 is 29.6. The number of ether oxygens (including phenoxy) is 3. The zero-order valence-corrected chi connectivity index (χ0v) is 15.6. The molecular formula is C20H21FN2O5. The minimum Gasteiger partial charge on any atom is -0.493 e. The largest absolute Gasteiger partial charge is 0.493 e. The van der Waals surface area contributed by atoms with Crippen LogP contribution in [0.25, 0.3) is 0 Å². The van der Waals surface area contributed by atoms with Gasteiger partial charge in [0.2, 0.25) is 11.8 Å². The van der Waals surface area contributed by atoms with Crippen molar-refractivity contribution in [2.24, 2.45) is 0 Å². The molecule has 0 unspecified atom stereocenters. The number of nitrogens with zero attached hydrogens (tertiary/aromatic N) is 1. The second-order valence-electron chi connectivity index (χ2n) is 6.21. The van der Waals surface area contributed by atoms with Crippen LogP contribution in [0.4, 0.5) is 10.1 Å². The summed E-state index contributed by atoms with van der Waals surface area (Å²) in [4.78, 5) is 26.5. The highest BCUT2D eigenvalue weighted by atomic mass is 19.1. The zero-order valence-electron chi connectivity index (χ0n) is 15.6. The van der Waals surface area contributed by atoms with Gasteiger partial charge in [-0.25, -0.2) is 4.39 Å². The van der Waals surface area contributed by atoms with Crippen molar-refractivity contribution in [3.63, 3.8) is 0 Å². The van der Waals surface area contributed by atoms with Gasteiger partial charge in [-0.2, -0.15) is 0 Å². The average Bonchev–Trinajstić information content (AvgIpc) is 2.71. The Kier molecular flexibility index (Phi) is 6.10. The minimum absolute atomic E-state index is 0.0271. The molecule has 0 aliphatic carbocycles. The van der Waals surface area contributed by atoms with Crippen LogP contribution < -0.4 is 14.8 Å². The molecule has 0 bridgehead atoms. The van der Waals surface area contributed by atoms with Crippen molar-refractivity contribution in [1.82, 2.24) is 4.90 Å². The van der Waals surface area contributed by atoms with E-state index in [0.29, 0.717) is 11.5 Å². The van der Waals surface area contributed by atoms with Gasteiger partial charge in [-0.1, -0.05) is 18.2 Å². The first-order valence-electron chi connectivity index (χ1n) is 8.67. The Balaban J connectivity index is 1.80. The Morgan fingerprint density at radius 2 is 1.96 bits per heavy atom. The van der Waals surface area contributed by atoms with E-state index in [0.717, 1.165) is 5.56 Å². The van der Waals surface area contributed by atoms with Gasteiger partial charge >= 0.3 is 0 Å². The van der Waals surface area contributed by atoms with Crippen LogP contribution >= 0.6 is 0 Å². The Hall–Kier alpha value is -3.13.